The van der Waals surface area contributed by atoms with Gasteiger partial charge in [-0.15, -0.1) is 0 Å². The molecule has 1 unspecified atom stereocenters. The molecule has 4 saturated heterocycles. The van der Waals surface area contributed by atoms with Gasteiger partial charge in [0.15, 0.2) is 0 Å². The Morgan fingerprint density at radius 3 is 2.51 bits per heavy atom. The van der Waals surface area contributed by atoms with Crippen molar-refractivity contribution in [3.63, 3.8) is 0 Å². The van der Waals surface area contributed by atoms with Crippen LogP contribution in [0.3, 0.4) is 0 Å². The number of imide groups is 1. The summed E-state index contributed by atoms with van der Waals surface area (Å²) in [4.78, 5) is 34.8. The topological polar surface area (TPSA) is 92.3 Å². The minimum absolute atomic E-state index is 0.126. The minimum Gasteiger partial charge on any atom is -0.371 e. The van der Waals surface area contributed by atoms with Crippen LogP contribution in [0.5, 0.6) is 0 Å². The van der Waals surface area contributed by atoms with Gasteiger partial charge in [-0.25, -0.2) is 18.6 Å². The van der Waals surface area contributed by atoms with E-state index >= 15 is 8.78 Å². The van der Waals surface area contributed by atoms with Crippen molar-refractivity contribution >= 4 is 34.7 Å². The van der Waals surface area contributed by atoms with Gasteiger partial charge in [-0.1, -0.05) is 25.1 Å². The summed E-state index contributed by atoms with van der Waals surface area (Å²) >= 11 is 0. The van der Waals surface area contributed by atoms with Crippen LogP contribution in [0.15, 0.2) is 70.5 Å². The number of halogens is 2. The van der Waals surface area contributed by atoms with Gasteiger partial charge in [-0.2, -0.15) is 0 Å². The fourth-order valence-corrected chi connectivity index (χ4v) is 8.05. The third kappa shape index (κ3) is 7.14. The van der Waals surface area contributed by atoms with E-state index in [1.54, 1.807) is 4.90 Å². The van der Waals surface area contributed by atoms with Gasteiger partial charge in [0.05, 0.1) is 18.2 Å². The van der Waals surface area contributed by atoms with Crippen molar-refractivity contribution in [3.8, 4) is 0 Å². The zero-order valence-electron chi connectivity index (χ0n) is 28.5. The average Bonchev–Trinajstić information content (AvgIpc) is 3.27. The Balaban J connectivity index is 0.942. The first-order valence-electron chi connectivity index (χ1n) is 17.8. The highest BCUT2D eigenvalue weighted by Crippen LogP contribution is 2.42. The lowest BCUT2D eigenvalue weighted by Crippen LogP contribution is -2.54. The Kier molecular flexibility index (Phi) is 9.57. The third-order valence-electron chi connectivity index (χ3n) is 10.9. The van der Waals surface area contributed by atoms with Crippen LogP contribution in [0.4, 0.5) is 30.6 Å². The molecule has 3 N–H and O–H groups in total. The van der Waals surface area contributed by atoms with Crippen molar-refractivity contribution < 1.29 is 18.4 Å². The molecule has 2 aromatic carbocycles. The number of carbonyl (C=O) groups is 2. The molecular weight excluding hydrogens is 624 g/mol. The molecule has 2 aromatic rings. The van der Waals surface area contributed by atoms with E-state index in [1.807, 2.05) is 48.2 Å². The molecule has 9 nitrogen and oxygen atoms in total. The van der Waals surface area contributed by atoms with Gasteiger partial charge in [-0.3, -0.25) is 19.9 Å². The molecule has 5 heterocycles. The second-order valence-electron chi connectivity index (χ2n) is 14.0. The molecule has 0 bridgehead atoms. The highest BCUT2D eigenvalue weighted by Gasteiger charge is 2.47. The number of carbonyl (C=O) groups excluding carboxylic acids is 2. The van der Waals surface area contributed by atoms with E-state index in [-0.39, 0.29) is 30.9 Å². The molecule has 3 amide bonds. The van der Waals surface area contributed by atoms with Crippen molar-refractivity contribution in [2.75, 3.05) is 60.9 Å². The van der Waals surface area contributed by atoms with E-state index in [1.165, 1.54) is 11.1 Å². The first-order valence-corrected chi connectivity index (χ1v) is 17.8. The summed E-state index contributed by atoms with van der Waals surface area (Å²) in [6.45, 7) is 8.25. The highest BCUT2D eigenvalue weighted by atomic mass is 19.3. The second kappa shape index (κ2) is 14.0. The number of nitrogens with one attached hydrogen (secondary N) is 3. The number of alkyl halides is 2. The Hall–Kier alpha value is -4.09. The summed E-state index contributed by atoms with van der Waals surface area (Å²) in [5.41, 5.74) is 8.04. The first kappa shape index (κ1) is 33.4. The predicted molar refractivity (Wildman–Crippen MR) is 191 cm³/mol. The van der Waals surface area contributed by atoms with Gasteiger partial charge < -0.3 is 15.5 Å². The SMILES string of the molecule is CCC1=C(Nc2ccc(C3CCN(C4CCN(c5ccc(N6CCC(=O)NC6=O)c(C)c5)CC4)CC3(F)F)cc2)N=C2CNCCC2=CC1. The number of aryl methyl sites for hydroxylation is 1. The monoisotopic (exact) mass is 671 g/mol. The van der Waals surface area contributed by atoms with Crippen LogP contribution >= 0.6 is 0 Å². The number of rotatable bonds is 7. The van der Waals surface area contributed by atoms with Crippen molar-refractivity contribution in [1.29, 1.82) is 0 Å². The van der Waals surface area contributed by atoms with Gasteiger partial charge in [0.2, 0.25) is 5.91 Å². The van der Waals surface area contributed by atoms with Crippen LogP contribution in [0.25, 0.3) is 0 Å². The number of urea groups is 1. The summed E-state index contributed by atoms with van der Waals surface area (Å²) in [6.07, 6.45) is 7.43. The van der Waals surface area contributed by atoms with Gasteiger partial charge in [0.25, 0.3) is 5.92 Å². The zero-order valence-corrected chi connectivity index (χ0v) is 28.5. The number of piperidine rings is 3. The zero-order chi connectivity index (χ0) is 34.1. The van der Waals surface area contributed by atoms with Crippen molar-refractivity contribution in [2.45, 2.75) is 76.7 Å². The molecule has 1 atom stereocenters. The van der Waals surface area contributed by atoms with Crippen LogP contribution in [0.1, 0.15) is 68.9 Å². The molecule has 0 radical (unpaired) electrons. The average molecular weight is 672 g/mol. The van der Waals surface area contributed by atoms with Crippen LogP contribution in [0, 0.1) is 6.92 Å². The fraction of sp³-hybridized carbons (Fsp3) is 0.500. The lowest BCUT2D eigenvalue weighted by atomic mass is 9.85. The van der Waals surface area contributed by atoms with Crippen LogP contribution in [-0.2, 0) is 4.79 Å². The number of aliphatic imine (C=N–C) groups is 1. The summed E-state index contributed by atoms with van der Waals surface area (Å²) < 4.78 is 31.6. The Bertz CT molecular complexity index is 1680. The summed E-state index contributed by atoms with van der Waals surface area (Å²) in [5, 5.41) is 9.29. The molecule has 260 valence electrons. The van der Waals surface area contributed by atoms with Gasteiger partial charge in [0, 0.05) is 55.7 Å². The van der Waals surface area contributed by atoms with E-state index in [2.05, 4.69) is 39.9 Å². The molecule has 0 saturated carbocycles. The van der Waals surface area contributed by atoms with Gasteiger partial charge in [-0.05, 0) is 111 Å². The largest absolute Gasteiger partial charge is 0.371 e. The molecular formula is C38H47F2N7O2. The fourth-order valence-electron chi connectivity index (χ4n) is 8.05. The maximum atomic E-state index is 15.8. The van der Waals surface area contributed by atoms with Crippen LogP contribution in [0.2, 0.25) is 0 Å². The maximum absolute atomic E-state index is 15.8. The molecule has 11 heteroatoms. The quantitative estimate of drug-likeness (QED) is 0.319. The standard InChI is InChI=1S/C38H47F2N7O2/c1-3-26-4-5-28-12-17-41-23-33(28)43-36(26)42-29-8-6-27(7-9-29)32-15-20-46(24-38(32,39)40)30-13-18-45(19-14-30)31-10-11-34(25(2)22-31)47-21-16-35(48)44-37(47)49/h5-11,22,30,32,41-42H,3-4,12-21,23-24H2,1-2H3,(H,44,48,49). The molecule has 0 spiro atoms. The van der Waals surface area contributed by atoms with Gasteiger partial charge in [0.1, 0.15) is 5.82 Å². The number of likely N-dealkylation sites (tertiary alicyclic amines) is 1. The van der Waals surface area contributed by atoms with Crippen LogP contribution in [-0.4, -0.2) is 80.3 Å². The van der Waals surface area contributed by atoms with Crippen molar-refractivity contribution in [1.82, 2.24) is 15.5 Å². The van der Waals surface area contributed by atoms with Crippen molar-refractivity contribution in [3.05, 3.63) is 76.6 Å². The Morgan fingerprint density at radius 1 is 1.00 bits per heavy atom. The van der Waals surface area contributed by atoms with E-state index < -0.39 is 11.8 Å². The summed E-state index contributed by atoms with van der Waals surface area (Å²) in [5.74, 6) is -2.99. The number of nitrogens with zero attached hydrogens (tertiary/aromatic N) is 4. The van der Waals surface area contributed by atoms with E-state index in [9.17, 15) is 9.59 Å². The second-order valence-corrected chi connectivity index (χ2v) is 14.0. The molecule has 0 aliphatic carbocycles. The predicted octanol–water partition coefficient (Wildman–Crippen LogP) is 6.33. The van der Waals surface area contributed by atoms with E-state index in [0.29, 0.717) is 25.1 Å². The number of amides is 3. The summed E-state index contributed by atoms with van der Waals surface area (Å²) in [7, 11) is 0. The number of allylic oxidation sites excluding steroid dienone is 2. The highest BCUT2D eigenvalue weighted by molar-refractivity contribution is 6.06. The number of hydrogen-bond acceptors (Lipinski definition) is 7. The first-order chi connectivity index (χ1) is 23.7. The summed E-state index contributed by atoms with van der Waals surface area (Å²) in [6, 6.07) is 13.3. The van der Waals surface area contributed by atoms with Crippen LogP contribution < -0.4 is 25.8 Å². The molecule has 4 fully saturated rings. The molecule has 5 aliphatic heterocycles. The number of fused-ring (bicyclic) bond motifs is 1. The maximum Gasteiger partial charge on any atom is 0.328 e. The lowest BCUT2D eigenvalue weighted by Gasteiger charge is -2.45. The molecule has 49 heavy (non-hydrogen) atoms. The molecule has 5 aliphatic rings. The van der Waals surface area contributed by atoms with E-state index in [4.69, 9.17) is 4.99 Å². The van der Waals surface area contributed by atoms with Gasteiger partial charge >= 0.3 is 6.03 Å². The Morgan fingerprint density at radius 2 is 1.80 bits per heavy atom. The minimum atomic E-state index is -2.82. The smallest absolute Gasteiger partial charge is 0.328 e. The normalized spacial score (nSPS) is 23.8. The number of hydrogen-bond donors (Lipinski definition) is 3. The number of anilines is 3. The lowest BCUT2D eigenvalue weighted by molar-refractivity contribution is -0.120. The number of benzene rings is 2. The Labute approximate surface area is 287 Å². The van der Waals surface area contributed by atoms with Crippen molar-refractivity contribution in [2.24, 2.45) is 4.99 Å². The molecule has 7 rings (SSSR count). The third-order valence-corrected chi connectivity index (χ3v) is 10.9. The van der Waals surface area contributed by atoms with E-state index in [0.717, 1.165) is 92.4 Å². The molecule has 0 aromatic heterocycles.